The average molecular weight is 499 g/mol. The first-order valence-electron chi connectivity index (χ1n) is 12.0. The number of hydrogen-bond acceptors (Lipinski definition) is 3. The van der Waals surface area contributed by atoms with Gasteiger partial charge in [-0.1, -0.05) is 85.3 Å². The van der Waals surface area contributed by atoms with Crippen LogP contribution in [0.1, 0.15) is 46.4 Å². The van der Waals surface area contributed by atoms with Gasteiger partial charge in [0.05, 0.1) is 23.2 Å². The first-order valence-corrected chi connectivity index (χ1v) is 13.4. The van der Waals surface area contributed by atoms with Crippen LogP contribution in [0.4, 0.5) is 5.69 Å². The molecule has 0 fully saturated rings. The van der Waals surface area contributed by atoms with Crippen molar-refractivity contribution in [3.63, 3.8) is 0 Å². The summed E-state index contributed by atoms with van der Waals surface area (Å²) in [6, 6.07) is 32.6. The fourth-order valence-corrected chi connectivity index (χ4v) is 5.49. The van der Waals surface area contributed by atoms with Gasteiger partial charge in [-0.05, 0) is 60.9 Å². The molecule has 5 nitrogen and oxygen atoms in total. The number of amides is 1. The number of sulfonamides is 1. The van der Waals surface area contributed by atoms with Crippen LogP contribution >= 0.6 is 0 Å². The molecule has 1 atom stereocenters. The van der Waals surface area contributed by atoms with E-state index < -0.39 is 10.0 Å². The summed E-state index contributed by atoms with van der Waals surface area (Å²) in [5.41, 5.74) is 4.13. The topological polar surface area (TPSA) is 66.5 Å². The van der Waals surface area contributed by atoms with E-state index in [-0.39, 0.29) is 23.4 Å². The molecule has 36 heavy (non-hydrogen) atoms. The molecule has 0 aromatic heterocycles. The molecule has 0 aliphatic heterocycles. The van der Waals surface area contributed by atoms with Crippen LogP contribution in [-0.4, -0.2) is 14.3 Å². The Balaban J connectivity index is 1.54. The Labute approximate surface area is 213 Å². The number of anilines is 1. The summed E-state index contributed by atoms with van der Waals surface area (Å²) in [5, 5.41) is 3.11. The van der Waals surface area contributed by atoms with Crippen molar-refractivity contribution >= 4 is 21.6 Å². The van der Waals surface area contributed by atoms with Crippen molar-refractivity contribution in [3.05, 3.63) is 131 Å². The highest BCUT2D eigenvalue weighted by atomic mass is 32.2. The van der Waals surface area contributed by atoms with Crippen molar-refractivity contribution in [3.8, 4) is 0 Å². The third-order valence-electron chi connectivity index (χ3n) is 6.11. The minimum absolute atomic E-state index is 0.0811. The fraction of sp³-hybridized carbons (Fsp3) is 0.167. The Kier molecular flexibility index (Phi) is 7.86. The summed E-state index contributed by atoms with van der Waals surface area (Å²) >= 11 is 0. The number of rotatable bonds is 9. The minimum atomic E-state index is -3.78. The Morgan fingerprint density at radius 2 is 1.39 bits per heavy atom. The van der Waals surface area contributed by atoms with Crippen LogP contribution in [0.5, 0.6) is 0 Å². The lowest BCUT2D eigenvalue weighted by Crippen LogP contribution is -2.30. The second-order valence-electron chi connectivity index (χ2n) is 8.70. The van der Waals surface area contributed by atoms with E-state index in [1.54, 1.807) is 66.7 Å². The lowest BCUT2D eigenvalue weighted by atomic mass is 10.0. The summed E-state index contributed by atoms with van der Waals surface area (Å²) in [6.45, 7) is 4.22. The van der Waals surface area contributed by atoms with E-state index in [0.717, 1.165) is 17.5 Å². The predicted molar refractivity (Wildman–Crippen MR) is 144 cm³/mol. The highest BCUT2D eigenvalue weighted by molar-refractivity contribution is 7.92. The number of carbonyl (C=O) groups excluding carboxylic acids is 1. The van der Waals surface area contributed by atoms with E-state index in [4.69, 9.17) is 0 Å². The number of hydrogen-bond donors (Lipinski definition) is 1. The third-order valence-corrected chi connectivity index (χ3v) is 7.90. The van der Waals surface area contributed by atoms with E-state index in [9.17, 15) is 13.2 Å². The number of nitrogens with zero attached hydrogens (tertiary/aromatic N) is 1. The average Bonchev–Trinajstić information content (AvgIpc) is 2.92. The predicted octanol–water partition coefficient (Wildman–Crippen LogP) is 6.27. The van der Waals surface area contributed by atoms with Crippen molar-refractivity contribution in [2.75, 3.05) is 4.31 Å². The summed E-state index contributed by atoms with van der Waals surface area (Å²) in [4.78, 5) is 13.2. The molecular weight excluding hydrogens is 468 g/mol. The van der Waals surface area contributed by atoms with Gasteiger partial charge in [-0.2, -0.15) is 0 Å². The minimum Gasteiger partial charge on any atom is -0.345 e. The molecule has 0 radical (unpaired) electrons. The van der Waals surface area contributed by atoms with E-state index >= 15 is 0 Å². The van der Waals surface area contributed by atoms with Gasteiger partial charge in [0.15, 0.2) is 0 Å². The Morgan fingerprint density at radius 1 is 0.806 bits per heavy atom. The van der Waals surface area contributed by atoms with Gasteiger partial charge < -0.3 is 5.32 Å². The Morgan fingerprint density at radius 3 is 1.97 bits per heavy atom. The first-order chi connectivity index (χ1) is 17.4. The molecule has 0 unspecified atom stereocenters. The number of carbonyl (C=O) groups is 1. The van der Waals surface area contributed by atoms with Crippen LogP contribution < -0.4 is 9.62 Å². The molecule has 0 heterocycles. The van der Waals surface area contributed by atoms with Gasteiger partial charge in [-0.3, -0.25) is 9.10 Å². The monoisotopic (exact) mass is 498 g/mol. The molecule has 0 aliphatic carbocycles. The maximum atomic E-state index is 13.5. The SMILES string of the molecule is CC[C@H](NC(=O)c1ccc(CN(c2ccccc2)S(=O)(=O)c2ccccc2)cc1)c1ccc(C)cc1. The van der Waals surface area contributed by atoms with Gasteiger partial charge in [-0.25, -0.2) is 8.42 Å². The lowest BCUT2D eigenvalue weighted by molar-refractivity contribution is 0.0935. The number of para-hydroxylation sites is 1. The van der Waals surface area contributed by atoms with Crippen LogP contribution in [0.15, 0.2) is 114 Å². The van der Waals surface area contributed by atoms with E-state index in [1.165, 1.54) is 9.87 Å². The van der Waals surface area contributed by atoms with Crippen molar-refractivity contribution in [1.82, 2.24) is 5.32 Å². The maximum Gasteiger partial charge on any atom is 0.264 e. The van der Waals surface area contributed by atoms with E-state index in [1.807, 2.05) is 56.3 Å². The molecule has 184 valence electrons. The van der Waals surface area contributed by atoms with Crippen LogP contribution in [0.3, 0.4) is 0 Å². The molecule has 6 heteroatoms. The smallest absolute Gasteiger partial charge is 0.264 e. The van der Waals surface area contributed by atoms with Gasteiger partial charge in [0.25, 0.3) is 15.9 Å². The van der Waals surface area contributed by atoms with Gasteiger partial charge in [-0.15, -0.1) is 0 Å². The molecule has 1 N–H and O–H groups in total. The Bertz CT molecular complexity index is 1390. The van der Waals surface area contributed by atoms with Crippen LogP contribution in [0.25, 0.3) is 0 Å². The summed E-state index contributed by atoms with van der Waals surface area (Å²) in [7, 11) is -3.78. The first kappa shape index (κ1) is 25.2. The van der Waals surface area contributed by atoms with Gasteiger partial charge in [0, 0.05) is 5.56 Å². The number of aryl methyl sites for hydroxylation is 1. The molecule has 0 aliphatic rings. The van der Waals surface area contributed by atoms with Crippen molar-refractivity contribution in [2.24, 2.45) is 0 Å². The number of benzene rings is 4. The second kappa shape index (κ2) is 11.2. The zero-order valence-corrected chi connectivity index (χ0v) is 21.3. The molecule has 0 saturated heterocycles. The highest BCUT2D eigenvalue weighted by Gasteiger charge is 2.25. The van der Waals surface area contributed by atoms with Gasteiger partial charge >= 0.3 is 0 Å². The molecule has 4 aromatic carbocycles. The van der Waals surface area contributed by atoms with E-state index in [2.05, 4.69) is 5.32 Å². The van der Waals surface area contributed by atoms with Crippen molar-refractivity contribution in [2.45, 2.75) is 37.8 Å². The molecule has 4 rings (SSSR count). The molecule has 0 spiro atoms. The third kappa shape index (κ3) is 5.83. The zero-order chi connectivity index (χ0) is 25.5. The van der Waals surface area contributed by atoms with Crippen LogP contribution in [-0.2, 0) is 16.6 Å². The molecule has 0 bridgehead atoms. The van der Waals surface area contributed by atoms with Crippen LogP contribution in [0, 0.1) is 6.92 Å². The van der Waals surface area contributed by atoms with Gasteiger partial charge in [0.2, 0.25) is 0 Å². The summed E-state index contributed by atoms with van der Waals surface area (Å²) in [6.07, 6.45) is 0.774. The zero-order valence-electron chi connectivity index (χ0n) is 20.5. The molecule has 1 amide bonds. The quantitative estimate of drug-likeness (QED) is 0.296. The van der Waals surface area contributed by atoms with E-state index in [0.29, 0.717) is 11.3 Å². The fourth-order valence-electron chi connectivity index (χ4n) is 4.02. The number of nitrogens with one attached hydrogen (secondary N) is 1. The standard InChI is InChI=1S/C30H30N2O3S/c1-3-29(25-18-14-23(2)15-19-25)31-30(33)26-20-16-24(17-21-26)22-32(27-10-6-4-7-11-27)36(34,35)28-12-8-5-9-13-28/h4-21,29H,3,22H2,1-2H3,(H,31,33)/t29-/m0/s1. The van der Waals surface area contributed by atoms with Crippen LogP contribution in [0.2, 0.25) is 0 Å². The molecule has 0 saturated carbocycles. The lowest BCUT2D eigenvalue weighted by Gasteiger charge is -2.25. The summed E-state index contributed by atoms with van der Waals surface area (Å²) in [5.74, 6) is -0.161. The van der Waals surface area contributed by atoms with Gasteiger partial charge in [0.1, 0.15) is 0 Å². The highest BCUT2D eigenvalue weighted by Crippen LogP contribution is 2.26. The molecule has 4 aromatic rings. The summed E-state index contributed by atoms with van der Waals surface area (Å²) < 4.78 is 28.4. The Hall–Kier alpha value is -3.90. The largest absolute Gasteiger partial charge is 0.345 e. The maximum absolute atomic E-state index is 13.5. The molecular formula is C30H30N2O3S. The van der Waals surface area contributed by atoms with Crippen molar-refractivity contribution < 1.29 is 13.2 Å². The normalized spacial score (nSPS) is 12.1. The van der Waals surface area contributed by atoms with Crippen molar-refractivity contribution in [1.29, 1.82) is 0 Å². The second-order valence-corrected chi connectivity index (χ2v) is 10.6.